The van der Waals surface area contributed by atoms with Crippen LogP contribution in [0.1, 0.15) is 12.0 Å². The van der Waals surface area contributed by atoms with Crippen LogP contribution >= 0.6 is 11.6 Å². The fourth-order valence-electron chi connectivity index (χ4n) is 3.49. The summed E-state index contributed by atoms with van der Waals surface area (Å²) in [6.07, 6.45) is 0.812. The summed E-state index contributed by atoms with van der Waals surface area (Å²) in [4.78, 5) is 28.4. The van der Waals surface area contributed by atoms with Crippen LogP contribution in [0.5, 0.6) is 0 Å². The van der Waals surface area contributed by atoms with Gasteiger partial charge in [0, 0.05) is 25.0 Å². The number of nitrogens with zero attached hydrogens (tertiary/aromatic N) is 4. The van der Waals surface area contributed by atoms with Crippen molar-refractivity contribution >= 4 is 34.1 Å². The van der Waals surface area contributed by atoms with Gasteiger partial charge in [-0.3, -0.25) is 9.59 Å². The van der Waals surface area contributed by atoms with Crippen LogP contribution < -0.4 is 10.9 Å². The lowest BCUT2D eigenvalue weighted by Gasteiger charge is -2.40. The van der Waals surface area contributed by atoms with E-state index in [9.17, 15) is 14.9 Å². The molecule has 1 aliphatic heterocycles. The van der Waals surface area contributed by atoms with E-state index >= 15 is 0 Å². The van der Waals surface area contributed by atoms with Crippen molar-refractivity contribution in [2.45, 2.75) is 19.0 Å². The van der Waals surface area contributed by atoms with Crippen molar-refractivity contribution in [2.75, 3.05) is 44.9 Å². The van der Waals surface area contributed by atoms with Crippen LogP contribution in [0.15, 0.2) is 29.1 Å². The van der Waals surface area contributed by atoms with Crippen LogP contribution in [0.4, 0.5) is 5.69 Å². The number of likely N-dealkylation sites (tertiary alicyclic amines) is 1. The number of carbonyl (C=O) groups excluding carboxylic acids is 1. The van der Waals surface area contributed by atoms with E-state index < -0.39 is 0 Å². The minimum Gasteiger partial charge on any atom is -0.377 e. The quantitative estimate of drug-likeness (QED) is 0.714. The van der Waals surface area contributed by atoms with Gasteiger partial charge in [-0.15, -0.1) is 11.6 Å². The number of aryl methyl sites for hydroxylation is 1. The standard InChI is InChI=1S/C20H24ClN5O2/c1-24(2)8-5-9-26-17-7-4-3-6-15(17)19(16(11-22)20(26)28)23-14-12-25(13-14)18(27)10-21/h3-4,6-7,14,23H,5,8-10,12-13H2,1-2H3. The number of aromatic nitrogens is 1. The van der Waals surface area contributed by atoms with Crippen molar-refractivity contribution in [2.24, 2.45) is 0 Å². The summed E-state index contributed by atoms with van der Waals surface area (Å²) in [5.74, 6) is -0.149. The molecule has 7 nitrogen and oxygen atoms in total. The first-order valence-electron chi connectivity index (χ1n) is 9.27. The number of rotatable bonds is 7. The van der Waals surface area contributed by atoms with Crippen molar-refractivity contribution < 1.29 is 4.79 Å². The van der Waals surface area contributed by atoms with Gasteiger partial charge >= 0.3 is 0 Å². The molecule has 0 spiro atoms. The number of hydrogen-bond donors (Lipinski definition) is 1. The molecular formula is C20H24ClN5O2. The number of para-hydroxylation sites is 1. The highest BCUT2D eigenvalue weighted by atomic mass is 35.5. The Labute approximate surface area is 169 Å². The smallest absolute Gasteiger partial charge is 0.271 e. The van der Waals surface area contributed by atoms with Crippen LogP contribution in [-0.4, -0.2) is 65.9 Å². The number of benzene rings is 1. The maximum atomic E-state index is 13.0. The molecule has 0 radical (unpaired) electrons. The van der Waals surface area contributed by atoms with Gasteiger partial charge in [-0.2, -0.15) is 5.26 Å². The Morgan fingerprint density at radius 1 is 1.36 bits per heavy atom. The Balaban J connectivity index is 1.94. The highest BCUT2D eigenvalue weighted by Gasteiger charge is 2.31. The fourth-order valence-corrected chi connectivity index (χ4v) is 3.66. The Morgan fingerprint density at radius 2 is 2.07 bits per heavy atom. The molecule has 0 bridgehead atoms. The SMILES string of the molecule is CN(C)CCCn1c(=O)c(C#N)c(NC2CN(C(=O)CCl)C2)c2ccccc21. The molecule has 2 aromatic rings. The lowest BCUT2D eigenvalue weighted by molar-refractivity contribution is -0.132. The first-order chi connectivity index (χ1) is 13.5. The van der Waals surface area contributed by atoms with E-state index in [1.807, 2.05) is 38.4 Å². The second kappa shape index (κ2) is 8.63. The molecule has 1 saturated heterocycles. The summed E-state index contributed by atoms with van der Waals surface area (Å²) in [5, 5.41) is 13.8. The fraction of sp³-hybridized carbons (Fsp3) is 0.450. The maximum Gasteiger partial charge on any atom is 0.271 e. The normalized spacial score (nSPS) is 14.2. The number of pyridine rings is 1. The molecule has 1 fully saturated rings. The number of amides is 1. The van der Waals surface area contributed by atoms with E-state index in [1.54, 1.807) is 9.47 Å². The molecule has 148 valence electrons. The number of hydrogen-bond acceptors (Lipinski definition) is 5. The molecule has 1 aliphatic rings. The minimum atomic E-state index is -0.282. The molecule has 0 atom stereocenters. The zero-order chi connectivity index (χ0) is 20.3. The Hall–Kier alpha value is -2.56. The zero-order valence-corrected chi connectivity index (χ0v) is 16.9. The van der Waals surface area contributed by atoms with Gasteiger partial charge in [0.2, 0.25) is 5.91 Å². The minimum absolute atomic E-state index is 0.00772. The van der Waals surface area contributed by atoms with E-state index in [0.29, 0.717) is 25.3 Å². The van der Waals surface area contributed by atoms with E-state index in [0.717, 1.165) is 23.9 Å². The van der Waals surface area contributed by atoms with Gasteiger partial charge in [-0.1, -0.05) is 18.2 Å². The summed E-state index contributed by atoms with van der Waals surface area (Å²) in [6.45, 7) is 2.43. The van der Waals surface area contributed by atoms with Crippen molar-refractivity contribution in [3.63, 3.8) is 0 Å². The number of anilines is 1. The molecule has 0 saturated carbocycles. The highest BCUT2D eigenvalue weighted by molar-refractivity contribution is 6.27. The second-order valence-corrected chi connectivity index (χ2v) is 7.53. The number of halogens is 1. The van der Waals surface area contributed by atoms with Crippen molar-refractivity contribution in [1.82, 2.24) is 14.4 Å². The van der Waals surface area contributed by atoms with Gasteiger partial charge in [0.05, 0.1) is 17.2 Å². The lowest BCUT2D eigenvalue weighted by Crippen LogP contribution is -2.57. The maximum absolute atomic E-state index is 13.0. The van der Waals surface area contributed by atoms with Gasteiger partial charge < -0.3 is 19.7 Å². The van der Waals surface area contributed by atoms with Gasteiger partial charge in [-0.05, 0) is 33.1 Å². The Kier molecular flexibility index (Phi) is 6.22. The average Bonchev–Trinajstić information content (AvgIpc) is 2.65. The summed E-state index contributed by atoms with van der Waals surface area (Å²) in [6, 6.07) is 9.69. The predicted octanol–water partition coefficient (Wildman–Crippen LogP) is 1.69. The first-order valence-corrected chi connectivity index (χ1v) is 9.80. The molecule has 0 aliphatic carbocycles. The van der Waals surface area contributed by atoms with Crippen molar-refractivity contribution in [3.8, 4) is 6.07 Å². The number of carbonyl (C=O) groups is 1. The van der Waals surface area contributed by atoms with Crippen LogP contribution in [-0.2, 0) is 11.3 Å². The summed E-state index contributed by atoms with van der Waals surface area (Å²) >= 11 is 5.59. The number of nitriles is 1. The van der Waals surface area contributed by atoms with Crippen LogP contribution in [0, 0.1) is 11.3 Å². The third-order valence-electron chi connectivity index (χ3n) is 4.97. The van der Waals surface area contributed by atoms with E-state index in [-0.39, 0.29) is 29.0 Å². The largest absolute Gasteiger partial charge is 0.377 e. The van der Waals surface area contributed by atoms with Crippen molar-refractivity contribution in [1.29, 1.82) is 5.26 Å². The third kappa shape index (κ3) is 3.98. The predicted molar refractivity (Wildman–Crippen MR) is 111 cm³/mol. The van der Waals surface area contributed by atoms with Crippen molar-refractivity contribution in [3.05, 3.63) is 40.2 Å². The molecule has 1 aromatic heterocycles. The lowest BCUT2D eigenvalue weighted by atomic mass is 10.0. The molecule has 2 heterocycles. The van der Waals surface area contributed by atoms with E-state index in [1.165, 1.54) is 0 Å². The van der Waals surface area contributed by atoms with Gasteiger partial charge in [0.25, 0.3) is 5.56 Å². The first kappa shape index (κ1) is 20.2. The second-order valence-electron chi connectivity index (χ2n) is 7.27. The third-order valence-corrected chi connectivity index (χ3v) is 5.20. The topological polar surface area (TPSA) is 81.4 Å². The number of alkyl halides is 1. The summed E-state index contributed by atoms with van der Waals surface area (Å²) in [5.41, 5.74) is 1.19. The molecule has 0 unspecified atom stereocenters. The van der Waals surface area contributed by atoms with Crippen LogP contribution in [0.2, 0.25) is 0 Å². The Bertz CT molecular complexity index is 973. The molecule has 1 aromatic carbocycles. The number of nitrogens with one attached hydrogen (secondary N) is 1. The molecule has 1 amide bonds. The average molecular weight is 402 g/mol. The van der Waals surface area contributed by atoms with Gasteiger partial charge in [0.15, 0.2) is 0 Å². The van der Waals surface area contributed by atoms with Gasteiger partial charge in [-0.25, -0.2) is 0 Å². The number of fused-ring (bicyclic) bond motifs is 1. The summed E-state index contributed by atoms with van der Waals surface area (Å²) < 4.78 is 1.69. The Morgan fingerprint density at radius 3 is 2.71 bits per heavy atom. The summed E-state index contributed by atoms with van der Waals surface area (Å²) in [7, 11) is 3.98. The highest BCUT2D eigenvalue weighted by Crippen LogP contribution is 2.27. The van der Waals surface area contributed by atoms with E-state index in [4.69, 9.17) is 11.6 Å². The molecule has 3 rings (SSSR count). The van der Waals surface area contributed by atoms with Crippen LogP contribution in [0.25, 0.3) is 10.9 Å². The molecular weight excluding hydrogens is 378 g/mol. The zero-order valence-electron chi connectivity index (χ0n) is 16.1. The van der Waals surface area contributed by atoms with Gasteiger partial charge in [0.1, 0.15) is 17.5 Å². The molecule has 28 heavy (non-hydrogen) atoms. The van der Waals surface area contributed by atoms with E-state index in [2.05, 4.69) is 16.3 Å². The molecule has 1 N–H and O–H groups in total. The monoisotopic (exact) mass is 401 g/mol. The molecule has 8 heteroatoms. The van der Waals surface area contributed by atoms with Crippen LogP contribution in [0.3, 0.4) is 0 Å².